The highest BCUT2D eigenvalue weighted by atomic mass is 16.5. The summed E-state index contributed by atoms with van der Waals surface area (Å²) >= 11 is 0. The molecule has 0 saturated carbocycles. The Hall–Kier alpha value is -2.24. The Morgan fingerprint density at radius 1 is 1.38 bits per heavy atom. The number of carbonyl (C=O) groups excluding carboxylic acids is 1. The van der Waals surface area contributed by atoms with Gasteiger partial charge in [0.2, 0.25) is 0 Å². The minimum Gasteiger partial charge on any atom is -0.497 e. The van der Waals surface area contributed by atoms with Gasteiger partial charge in [-0.25, -0.2) is 4.79 Å². The second kappa shape index (κ2) is 6.03. The molecule has 0 aromatic heterocycles. The number of hydrogen-bond acceptors (Lipinski definition) is 3. The molecule has 1 aromatic carbocycles. The molecule has 6 nitrogen and oxygen atoms in total. The number of urea groups is 1. The molecule has 0 aliphatic carbocycles. The number of likely N-dealkylation sites (tertiary alicyclic amines) is 1. The normalized spacial score (nSPS) is 21.2. The number of aryl methyl sites for hydroxylation is 1. The van der Waals surface area contributed by atoms with Crippen LogP contribution < -0.4 is 10.1 Å². The summed E-state index contributed by atoms with van der Waals surface area (Å²) < 4.78 is 5.12. The number of nitrogens with zero attached hydrogens (tertiary/aromatic N) is 1. The number of carboxylic acids is 1. The van der Waals surface area contributed by atoms with Crippen molar-refractivity contribution in [3.05, 3.63) is 23.8 Å². The van der Waals surface area contributed by atoms with Gasteiger partial charge in [-0.15, -0.1) is 0 Å². The first-order valence-corrected chi connectivity index (χ1v) is 6.85. The third kappa shape index (κ3) is 3.26. The van der Waals surface area contributed by atoms with E-state index in [4.69, 9.17) is 9.84 Å². The highest BCUT2D eigenvalue weighted by Crippen LogP contribution is 2.25. The van der Waals surface area contributed by atoms with Gasteiger partial charge in [-0.05, 0) is 36.6 Å². The van der Waals surface area contributed by atoms with Crippen molar-refractivity contribution in [1.82, 2.24) is 4.90 Å². The predicted octanol–water partition coefficient (Wildman–Crippen LogP) is 2.19. The maximum Gasteiger partial charge on any atom is 0.321 e. The van der Waals surface area contributed by atoms with Gasteiger partial charge in [0.1, 0.15) is 5.75 Å². The number of carbonyl (C=O) groups is 2. The summed E-state index contributed by atoms with van der Waals surface area (Å²) in [6.07, 6.45) is 0. The Labute approximate surface area is 123 Å². The van der Waals surface area contributed by atoms with Gasteiger partial charge in [0.15, 0.2) is 0 Å². The van der Waals surface area contributed by atoms with Gasteiger partial charge in [0, 0.05) is 18.8 Å². The number of methoxy groups -OCH3 is 1. The first-order valence-electron chi connectivity index (χ1n) is 6.85. The summed E-state index contributed by atoms with van der Waals surface area (Å²) in [5.74, 6) is -0.650. The summed E-state index contributed by atoms with van der Waals surface area (Å²) in [6, 6.07) is 5.12. The van der Waals surface area contributed by atoms with Crippen molar-refractivity contribution in [2.45, 2.75) is 13.8 Å². The molecule has 1 aliphatic rings. The van der Waals surface area contributed by atoms with Gasteiger partial charge in [-0.1, -0.05) is 6.92 Å². The van der Waals surface area contributed by atoms with E-state index in [1.165, 1.54) is 0 Å². The average molecular weight is 292 g/mol. The maximum atomic E-state index is 12.2. The largest absolute Gasteiger partial charge is 0.497 e. The molecular weight excluding hydrogens is 272 g/mol. The number of hydrogen-bond donors (Lipinski definition) is 2. The molecule has 2 atom stereocenters. The summed E-state index contributed by atoms with van der Waals surface area (Å²) in [6.45, 7) is 4.44. The van der Waals surface area contributed by atoms with Crippen molar-refractivity contribution in [2.24, 2.45) is 11.8 Å². The summed E-state index contributed by atoms with van der Waals surface area (Å²) in [7, 11) is 1.59. The van der Waals surface area contributed by atoms with E-state index in [1.54, 1.807) is 24.1 Å². The van der Waals surface area contributed by atoms with E-state index in [-0.39, 0.29) is 18.5 Å². The van der Waals surface area contributed by atoms with Crippen LogP contribution in [0.15, 0.2) is 18.2 Å². The monoisotopic (exact) mass is 292 g/mol. The van der Waals surface area contributed by atoms with Crippen LogP contribution in [0.25, 0.3) is 0 Å². The lowest BCUT2D eigenvalue weighted by Crippen LogP contribution is -2.34. The van der Waals surface area contributed by atoms with Crippen molar-refractivity contribution in [3.63, 3.8) is 0 Å². The fourth-order valence-electron chi connectivity index (χ4n) is 2.55. The molecule has 114 valence electrons. The van der Waals surface area contributed by atoms with E-state index in [0.29, 0.717) is 12.2 Å². The lowest BCUT2D eigenvalue weighted by molar-refractivity contribution is -0.142. The number of benzene rings is 1. The molecule has 1 aliphatic heterocycles. The summed E-state index contributed by atoms with van der Waals surface area (Å²) in [5.41, 5.74) is 1.59. The minimum atomic E-state index is -0.849. The molecular formula is C15H20N2O4. The van der Waals surface area contributed by atoms with E-state index in [1.807, 2.05) is 19.9 Å². The van der Waals surface area contributed by atoms with E-state index in [9.17, 15) is 9.59 Å². The molecule has 2 N–H and O–H groups in total. The molecule has 21 heavy (non-hydrogen) atoms. The van der Waals surface area contributed by atoms with E-state index < -0.39 is 11.9 Å². The zero-order valence-electron chi connectivity index (χ0n) is 12.4. The first kappa shape index (κ1) is 15.2. The van der Waals surface area contributed by atoms with Crippen LogP contribution in [0, 0.1) is 18.8 Å². The SMILES string of the molecule is COc1ccc(NC(=O)N2C[C@@H](C)[C@H](C(=O)O)C2)c(C)c1. The summed E-state index contributed by atoms with van der Waals surface area (Å²) in [5, 5.41) is 11.9. The predicted molar refractivity (Wildman–Crippen MR) is 78.6 cm³/mol. The fraction of sp³-hybridized carbons (Fsp3) is 0.467. The molecule has 6 heteroatoms. The van der Waals surface area contributed by atoms with Crippen LogP contribution in [0.3, 0.4) is 0 Å². The van der Waals surface area contributed by atoms with E-state index in [2.05, 4.69) is 5.32 Å². The van der Waals surface area contributed by atoms with Gasteiger partial charge in [-0.2, -0.15) is 0 Å². The second-order valence-corrected chi connectivity index (χ2v) is 5.44. The standard InChI is InChI=1S/C15H20N2O4/c1-9-6-11(21-3)4-5-13(9)16-15(20)17-7-10(2)12(8-17)14(18)19/h4-6,10,12H,7-8H2,1-3H3,(H,16,20)(H,18,19)/t10-,12-/m1/s1. The molecule has 2 amide bonds. The molecule has 0 spiro atoms. The third-order valence-electron chi connectivity index (χ3n) is 3.89. The molecule has 2 rings (SSSR count). The Morgan fingerprint density at radius 3 is 2.62 bits per heavy atom. The quantitative estimate of drug-likeness (QED) is 0.895. The Morgan fingerprint density at radius 2 is 2.10 bits per heavy atom. The van der Waals surface area contributed by atoms with Crippen molar-refractivity contribution in [1.29, 1.82) is 0 Å². The number of amides is 2. The van der Waals surface area contributed by atoms with Crippen molar-refractivity contribution in [3.8, 4) is 5.75 Å². The number of anilines is 1. The topological polar surface area (TPSA) is 78.9 Å². The number of carboxylic acid groups (broad SMARTS) is 1. The Bertz CT molecular complexity index is 559. The minimum absolute atomic E-state index is 0.0368. The van der Waals surface area contributed by atoms with Crippen LogP contribution >= 0.6 is 0 Å². The maximum absolute atomic E-state index is 12.2. The third-order valence-corrected chi connectivity index (χ3v) is 3.89. The number of aliphatic carboxylic acids is 1. The Kier molecular flexibility index (Phi) is 4.35. The zero-order valence-corrected chi connectivity index (χ0v) is 12.4. The van der Waals surface area contributed by atoms with Crippen LogP contribution in [0.5, 0.6) is 5.75 Å². The molecule has 1 aromatic rings. The van der Waals surface area contributed by atoms with Gasteiger partial charge in [-0.3, -0.25) is 4.79 Å². The van der Waals surface area contributed by atoms with E-state index >= 15 is 0 Å². The molecule has 1 saturated heterocycles. The van der Waals surface area contributed by atoms with Crippen LogP contribution in [-0.2, 0) is 4.79 Å². The van der Waals surface area contributed by atoms with Crippen LogP contribution in [0.4, 0.5) is 10.5 Å². The van der Waals surface area contributed by atoms with Gasteiger partial charge in [0.05, 0.1) is 13.0 Å². The van der Waals surface area contributed by atoms with Gasteiger partial charge >= 0.3 is 12.0 Å². The van der Waals surface area contributed by atoms with Crippen molar-refractivity contribution in [2.75, 3.05) is 25.5 Å². The number of rotatable bonds is 3. The average Bonchev–Trinajstić information content (AvgIpc) is 2.83. The van der Waals surface area contributed by atoms with Crippen LogP contribution in [0.1, 0.15) is 12.5 Å². The first-order chi connectivity index (χ1) is 9.92. The van der Waals surface area contributed by atoms with Crippen LogP contribution in [0.2, 0.25) is 0 Å². The lowest BCUT2D eigenvalue weighted by Gasteiger charge is -2.18. The smallest absolute Gasteiger partial charge is 0.321 e. The fourth-order valence-corrected chi connectivity index (χ4v) is 2.55. The summed E-state index contributed by atoms with van der Waals surface area (Å²) in [4.78, 5) is 24.9. The molecule has 0 radical (unpaired) electrons. The van der Waals surface area contributed by atoms with Crippen LogP contribution in [-0.4, -0.2) is 42.2 Å². The van der Waals surface area contributed by atoms with Gasteiger partial charge in [0.25, 0.3) is 0 Å². The second-order valence-electron chi connectivity index (χ2n) is 5.44. The number of nitrogens with one attached hydrogen (secondary N) is 1. The molecule has 1 heterocycles. The highest BCUT2D eigenvalue weighted by Gasteiger charge is 2.37. The molecule has 0 bridgehead atoms. The molecule has 1 fully saturated rings. The Balaban J connectivity index is 2.04. The highest BCUT2D eigenvalue weighted by molar-refractivity contribution is 5.91. The van der Waals surface area contributed by atoms with Crippen molar-refractivity contribution < 1.29 is 19.4 Å². The molecule has 0 unspecified atom stereocenters. The number of ether oxygens (including phenoxy) is 1. The lowest BCUT2D eigenvalue weighted by atomic mass is 9.99. The zero-order chi connectivity index (χ0) is 15.6. The van der Waals surface area contributed by atoms with Gasteiger partial charge < -0.3 is 20.1 Å². The van der Waals surface area contributed by atoms with E-state index in [0.717, 1.165) is 11.3 Å². The van der Waals surface area contributed by atoms with Crippen molar-refractivity contribution >= 4 is 17.7 Å².